The number of rotatable bonds is 7. The number of nitrogens with one attached hydrogen (secondary N) is 1. The van der Waals surface area contributed by atoms with Crippen LogP contribution in [-0.4, -0.2) is 21.8 Å². The minimum atomic E-state index is -0.0693. The summed E-state index contributed by atoms with van der Waals surface area (Å²) >= 11 is 7.69. The molecule has 0 atom stereocenters. The van der Waals surface area contributed by atoms with Crippen molar-refractivity contribution in [3.8, 4) is 11.4 Å². The molecule has 7 heteroatoms. The van der Waals surface area contributed by atoms with Gasteiger partial charge in [0.1, 0.15) is 0 Å². The molecule has 0 spiro atoms. The molecule has 0 fully saturated rings. The maximum atomic E-state index is 12.0. The van der Waals surface area contributed by atoms with Crippen LogP contribution in [0, 0.1) is 6.92 Å². The third-order valence-electron chi connectivity index (χ3n) is 3.60. The summed E-state index contributed by atoms with van der Waals surface area (Å²) in [5, 5.41) is 7.25. The maximum absolute atomic E-state index is 12.0. The van der Waals surface area contributed by atoms with Gasteiger partial charge in [0.15, 0.2) is 0 Å². The lowest BCUT2D eigenvalue weighted by molar-refractivity contribution is -0.118. The van der Waals surface area contributed by atoms with Gasteiger partial charge in [0.25, 0.3) is 0 Å². The number of hydrogen-bond donors (Lipinski definition) is 1. The fourth-order valence-corrected chi connectivity index (χ4v) is 3.39. The van der Waals surface area contributed by atoms with Gasteiger partial charge in [0.2, 0.25) is 17.6 Å². The van der Waals surface area contributed by atoms with E-state index in [1.54, 1.807) is 17.8 Å². The molecule has 3 rings (SSSR count). The molecule has 0 radical (unpaired) electrons. The number of aryl methyl sites for hydroxylation is 1. The van der Waals surface area contributed by atoms with E-state index in [9.17, 15) is 4.79 Å². The number of carbonyl (C=O) groups is 1. The van der Waals surface area contributed by atoms with E-state index in [4.69, 9.17) is 16.1 Å². The van der Waals surface area contributed by atoms with Gasteiger partial charge in [-0.25, -0.2) is 0 Å². The van der Waals surface area contributed by atoms with Crippen LogP contribution in [0.25, 0.3) is 11.4 Å². The van der Waals surface area contributed by atoms with Crippen LogP contribution in [0.2, 0.25) is 5.02 Å². The Morgan fingerprint density at radius 3 is 2.88 bits per heavy atom. The number of aromatic nitrogens is 2. The molecule has 0 unspecified atom stereocenters. The molecule has 3 aromatic rings. The number of thioether (sulfide) groups is 1. The number of carbonyl (C=O) groups excluding carboxylic acids is 1. The van der Waals surface area contributed by atoms with Crippen molar-refractivity contribution in [3.05, 3.63) is 70.6 Å². The summed E-state index contributed by atoms with van der Waals surface area (Å²) < 4.78 is 5.17. The first-order valence-electron chi connectivity index (χ1n) is 8.09. The first-order valence-corrected chi connectivity index (χ1v) is 9.62. The van der Waals surface area contributed by atoms with Crippen molar-refractivity contribution in [2.75, 3.05) is 5.75 Å². The largest absolute Gasteiger partial charge is 0.346 e. The summed E-state index contributed by atoms with van der Waals surface area (Å²) in [6.07, 6.45) is 0. The Hall–Kier alpha value is -2.31. The number of benzene rings is 2. The van der Waals surface area contributed by atoms with Crippen molar-refractivity contribution >= 4 is 29.3 Å². The highest BCUT2D eigenvalue weighted by Gasteiger charge is 2.12. The third-order valence-corrected chi connectivity index (χ3v) is 4.94. The molecule has 1 heterocycles. The molecule has 1 N–H and O–H groups in total. The normalized spacial score (nSPS) is 10.7. The second-order valence-corrected chi connectivity index (χ2v) is 7.14. The summed E-state index contributed by atoms with van der Waals surface area (Å²) in [4.78, 5) is 16.2. The quantitative estimate of drug-likeness (QED) is 0.656. The Morgan fingerprint density at radius 2 is 2.08 bits per heavy atom. The zero-order valence-electron chi connectivity index (χ0n) is 14.2. The zero-order chi connectivity index (χ0) is 18.4. The van der Waals surface area contributed by atoms with Crippen LogP contribution in [0.4, 0.5) is 0 Å². The van der Waals surface area contributed by atoms with Crippen molar-refractivity contribution in [2.45, 2.75) is 19.2 Å². The summed E-state index contributed by atoms with van der Waals surface area (Å²) in [6.45, 7) is 2.25. The van der Waals surface area contributed by atoms with E-state index in [2.05, 4.69) is 40.6 Å². The monoisotopic (exact) mass is 387 g/mol. The van der Waals surface area contributed by atoms with Gasteiger partial charge >= 0.3 is 0 Å². The molecule has 0 aliphatic carbocycles. The molecule has 134 valence electrons. The van der Waals surface area contributed by atoms with Crippen molar-refractivity contribution in [1.82, 2.24) is 15.5 Å². The molecular weight excluding hydrogens is 370 g/mol. The van der Waals surface area contributed by atoms with Crippen molar-refractivity contribution < 1.29 is 9.32 Å². The second kappa shape index (κ2) is 8.87. The smallest absolute Gasteiger partial charge is 0.246 e. The fourth-order valence-electron chi connectivity index (χ4n) is 2.37. The third kappa shape index (κ3) is 5.09. The lowest BCUT2D eigenvalue weighted by Gasteiger charge is -2.04. The minimum Gasteiger partial charge on any atom is -0.346 e. The van der Waals surface area contributed by atoms with E-state index in [0.717, 1.165) is 5.75 Å². The number of halogens is 1. The van der Waals surface area contributed by atoms with E-state index in [1.165, 1.54) is 11.1 Å². The first-order chi connectivity index (χ1) is 12.6. The topological polar surface area (TPSA) is 68.0 Å². The van der Waals surface area contributed by atoms with Gasteiger partial charge in [0.05, 0.1) is 17.3 Å². The van der Waals surface area contributed by atoms with Crippen LogP contribution in [0.1, 0.15) is 17.0 Å². The Bertz CT molecular complexity index is 898. The van der Waals surface area contributed by atoms with Crippen LogP contribution in [0.15, 0.2) is 53.1 Å². The van der Waals surface area contributed by atoms with Crippen molar-refractivity contribution in [2.24, 2.45) is 0 Å². The van der Waals surface area contributed by atoms with E-state index < -0.39 is 0 Å². The highest BCUT2D eigenvalue weighted by atomic mass is 35.5. The lowest BCUT2D eigenvalue weighted by atomic mass is 10.2. The van der Waals surface area contributed by atoms with Gasteiger partial charge in [-0.15, -0.1) is 11.8 Å². The molecule has 0 bridgehead atoms. The molecule has 0 saturated heterocycles. The Labute approximate surface area is 161 Å². The highest BCUT2D eigenvalue weighted by molar-refractivity contribution is 7.99. The van der Waals surface area contributed by atoms with E-state index >= 15 is 0 Å². The van der Waals surface area contributed by atoms with E-state index in [0.29, 0.717) is 28.1 Å². The number of nitrogens with zero attached hydrogens (tertiary/aromatic N) is 2. The van der Waals surface area contributed by atoms with Crippen LogP contribution in [0.5, 0.6) is 0 Å². The Kier molecular flexibility index (Phi) is 6.30. The van der Waals surface area contributed by atoms with E-state index in [-0.39, 0.29) is 12.5 Å². The summed E-state index contributed by atoms with van der Waals surface area (Å²) in [7, 11) is 0. The predicted octanol–water partition coefficient (Wildman–Crippen LogP) is 4.25. The standard InChI is InChI=1S/C19H18ClN3O2S/c1-13-5-4-6-14(9-13)11-26-12-17(24)21-10-18-22-19(23-25-18)15-7-2-3-8-16(15)20/h2-9H,10-12H2,1H3,(H,21,24). The van der Waals surface area contributed by atoms with Gasteiger partial charge in [-0.1, -0.05) is 58.7 Å². The molecule has 1 aromatic heterocycles. The SMILES string of the molecule is Cc1cccc(CSCC(=O)NCc2nc(-c3ccccc3Cl)no2)c1. The second-order valence-electron chi connectivity index (χ2n) is 5.75. The summed E-state index contributed by atoms with van der Waals surface area (Å²) in [6, 6.07) is 15.5. The average molecular weight is 388 g/mol. The molecule has 2 aromatic carbocycles. The molecule has 0 aliphatic heterocycles. The Morgan fingerprint density at radius 1 is 1.23 bits per heavy atom. The van der Waals surface area contributed by atoms with Gasteiger partial charge in [0, 0.05) is 11.3 Å². The zero-order valence-corrected chi connectivity index (χ0v) is 15.8. The van der Waals surface area contributed by atoms with Crippen LogP contribution in [0.3, 0.4) is 0 Å². The van der Waals surface area contributed by atoms with Gasteiger partial charge in [-0.2, -0.15) is 4.98 Å². The number of hydrogen-bond acceptors (Lipinski definition) is 5. The van der Waals surface area contributed by atoms with E-state index in [1.807, 2.05) is 24.3 Å². The van der Waals surface area contributed by atoms with Gasteiger partial charge in [-0.05, 0) is 24.6 Å². The van der Waals surface area contributed by atoms with Crippen LogP contribution < -0.4 is 5.32 Å². The lowest BCUT2D eigenvalue weighted by Crippen LogP contribution is -2.24. The summed E-state index contributed by atoms with van der Waals surface area (Å²) in [5.74, 6) is 1.86. The maximum Gasteiger partial charge on any atom is 0.246 e. The van der Waals surface area contributed by atoms with Crippen molar-refractivity contribution in [3.63, 3.8) is 0 Å². The molecule has 5 nitrogen and oxygen atoms in total. The summed E-state index contributed by atoms with van der Waals surface area (Å²) in [5.41, 5.74) is 3.13. The number of amides is 1. The Balaban J connectivity index is 1.45. The predicted molar refractivity (Wildman–Crippen MR) is 104 cm³/mol. The van der Waals surface area contributed by atoms with Gasteiger partial charge in [-0.3, -0.25) is 4.79 Å². The van der Waals surface area contributed by atoms with Crippen molar-refractivity contribution in [1.29, 1.82) is 0 Å². The molecule has 1 amide bonds. The van der Waals surface area contributed by atoms with Gasteiger partial charge < -0.3 is 9.84 Å². The average Bonchev–Trinajstić information content (AvgIpc) is 3.09. The molecule has 0 aliphatic rings. The molecule has 0 saturated carbocycles. The first kappa shape index (κ1) is 18.5. The highest BCUT2D eigenvalue weighted by Crippen LogP contribution is 2.24. The molecule has 26 heavy (non-hydrogen) atoms. The fraction of sp³-hybridized carbons (Fsp3) is 0.211. The van der Waals surface area contributed by atoms with Crippen LogP contribution >= 0.6 is 23.4 Å². The minimum absolute atomic E-state index is 0.0693. The van der Waals surface area contributed by atoms with Crippen LogP contribution in [-0.2, 0) is 17.1 Å². The molecular formula is C19H18ClN3O2S.